The summed E-state index contributed by atoms with van der Waals surface area (Å²) in [6, 6.07) is 8.91. The minimum atomic E-state index is 0.0699. The van der Waals surface area contributed by atoms with Crippen LogP contribution in [-0.2, 0) is 10.2 Å². The van der Waals surface area contributed by atoms with Gasteiger partial charge in [-0.25, -0.2) is 0 Å². The van der Waals surface area contributed by atoms with Crippen LogP contribution in [0.3, 0.4) is 0 Å². The van der Waals surface area contributed by atoms with Gasteiger partial charge < -0.3 is 10.2 Å². The van der Waals surface area contributed by atoms with Gasteiger partial charge in [-0.2, -0.15) is 0 Å². The van der Waals surface area contributed by atoms with Gasteiger partial charge in [0.25, 0.3) is 0 Å². The summed E-state index contributed by atoms with van der Waals surface area (Å²) in [4.78, 5) is 14.2. The van der Waals surface area contributed by atoms with E-state index in [1.807, 2.05) is 6.08 Å². The smallest absolute Gasteiger partial charge is 0.217 e. The number of allylic oxidation sites excluding steroid dienone is 1. The standard InChI is InChI=1S/C22H32N2O/c1-5-10-21(3,4)16-24-13-11-22(12-14-24)15-20(23-17(2)25)18-8-6-7-9-19(18)22/h5-9,20H,1,10-16H2,2-4H3,(H,23,25)/t20-/m0/s1. The van der Waals surface area contributed by atoms with Crippen molar-refractivity contribution in [2.45, 2.75) is 57.9 Å². The summed E-state index contributed by atoms with van der Waals surface area (Å²) < 4.78 is 0. The number of carbonyl (C=O) groups excluding carboxylic acids is 1. The van der Waals surface area contributed by atoms with Crippen molar-refractivity contribution in [2.75, 3.05) is 19.6 Å². The first-order chi connectivity index (χ1) is 11.9. The Balaban J connectivity index is 1.72. The lowest BCUT2D eigenvalue weighted by Crippen LogP contribution is -2.45. The molecule has 2 aliphatic rings. The SMILES string of the molecule is C=CCC(C)(C)CN1CCC2(CC1)C[C@H](NC(C)=O)c1ccccc12. The number of rotatable bonds is 5. The van der Waals surface area contributed by atoms with Crippen molar-refractivity contribution >= 4 is 5.91 Å². The summed E-state index contributed by atoms with van der Waals surface area (Å²) in [5.41, 5.74) is 3.33. The minimum absolute atomic E-state index is 0.0699. The topological polar surface area (TPSA) is 32.3 Å². The van der Waals surface area contributed by atoms with E-state index in [2.05, 4.69) is 54.9 Å². The zero-order valence-corrected chi connectivity index (χ0v) is 16.0. The molecule has 1 spiro atoms. The van der Waals surface area contributed by atoms with Crippen molar-refractivity contribution in [1.82, 2.24) is 10.2 Å². The summed E-state index contributed by atoms with van der Waals surface area (Å²) in [5, 5.41) is 3.17. The van der Waals surface area contributed by atoms with Crippen molar-refractivity contribution in [3.8, 4) is 0 Å². The molecular weight excluding hydrogens is 308 g/mol. The molecule has 1 saturated heterocycles. The molecular formula is C22H32N2O. The van der Waals surface area contributed by atoms with E-state index < -0.39 is 0 Å². The first-order valence-corrected chi connectivity index (χ1v) is 9.55. The lowest BCUT2D eigenvalue weighted by Gasteiger charge is -2.43. The molecule has 0 radical (unpaired) electrons. The van der Waals surface area contributed by atoms with Crippen molar-refractivity contribution in [3.05, 3.63) is 48.0 Å². The number of nitrogens with one attached hydrogen (secondary N) is 1. The van der Waals surface area contributed by atoms with E-state index in [1.54, 1.807) is 6.92 Å². The maximum Gasteiger partial charge on any atom is 0.217 e. The van der Waals surface area contributed by atoms with Gasteiger partial charge in [-0.15, -0.1) is 6.58 Å². The maximum absolute atomic E-state index is 11.6. The van der Waals surface area contributed by atoms with Crippen LogP contribution in [0.5, 0.6) is 0 Å². The molecule has 0 saturated carbocycles. The molecule has 1 aliphatic heterocycles. The molecule has 1 aromatic rings. The van der Waals surface area contributed by atoms with Crippen LogP contribution < -0.4 is 5.32 Å². The monoisotopic (exact) mass is 340 g/mol. The van der Waals surface area contributed by atoms with E-state index in [0.717, 1.165) is 32.5 Å². The first-order valence-electron chi connectivity index (χ1n) is 9.55. The van der Waals surface area contributed by atoms with Gasteiger partial charge in [0, 0.05) is 18.9 Å². The van der Waals surface area contributed by atoms with Crippen LogP contribution >= 0.6 is 0 Å². The average molecular weight is 341 g/mol. The van der Waals surface area contributed by atoms with Gasteiger partial charge in [0.1, 0.15) is 0 Å². The molecule has 0 aromatic heterocycles. The summed E-state index contributed by atoms with van der Waals surface area (Å²) in [7, 11) is 0. The van der Waals surface area contributed by atoms with Gasteiger partial charge in [-0.1, -0.05) is 44.2 Å². The van der Waals surface area contributed by atoms with Gasteiger partial charge in [-0.3, -0.25) is 4.79 Å². The molecule has 1 aliphatic carbocycles. The number of likely N-dealkylation sites (tertiary alicyclic amines) is 1. The Morgan fingerprint density at radius 3 is 2.68 bits per heavy atom. The number of amides is 1. The predicted octanol–water partition coefficient (Wildman–Crippen LogP) is 4.20. The number of piperidine rings is 1. The normalized spacial score (nSPS) is 22.6. The summed E-state index contributed by atoms with van der Waals surface area (Å²) in [6.07, 6.45) is 6.52. The fourth-order valence-corrected chi connectivity index (χ4v) is 4.94. The number of benzene rings is 1. The highest BCUT2D eigenvalue weighted by atomic mass is 16.1. The third kappa shape index (κ3) is 3.82. The highest BCUT2D eigenvalue weighted by Gasteiger charge is 2.45. The summed E-state index contributed by atoms with van der Waals surface area (Å²) in [6.45, 7) is 13.6. The number of hydrogen-bond donors (Lipinski definition) is 1. The third-order valence-electron chi connectivity index (χ3n) is 6.04. The van der Waals surface area contributed by atoms with E-state index in [1.165, 1.54) is 24.0 Å². The molecule has 3 rings (SSSR count). The van der Waals surface area contributed by atoms with Crippen LogP contribution in [0.15, 0.2) is 36.9 Å². The Kier molecular flexibility index (Phi) is 5.06. The van der Waals surface area contributed by atoms with Gasteiger partial charge in [0.05, 0.1) is 6.04 Å². The number of hydrogen-bond acceptors (Lipinski definition) is 2. The van der Waals surface area contributed by atoms with E-state index in [0.29, 0.717) is 5.41 Å². The third-order valence-corrected chi connectivity index (χ3v) is 6.04. The highest BCUT2D eigenvalue weighted by Crippen LogP contribution is 2.50. The van der Waals surface area contributed by atoms with Crippen LogP contribution in [0.2, 0.25) is 0 Å². The molecule has 1 heterocycles. The van der Waals surface area contributed by atoms with Crippen LogP contribution in [-0.4, -0.2) is 30.4 Å². The van der Waals surface area contributed by atoms with Crippen molar-refractivity contribution in [1.29, 1.82) is 0 Å². The lowest BCUT2D eigenvalue weighted by molar-refractivity contribution is -0.119. The summed E-state index contributed by atoms with van der Waals surface area (Å²) in [5.74, 6) is 0.0699. The predicted molar refractivity (Wildman–Crippen MR) is 104 cm³/mol. The second-order valence-electron chi connectivity index (χ2n) is 8.76. The first kappa shape index (κ1) is 18.2. The molecule has 1 aromatic carbocycles. The quantitative estimate of drug-likeness (QED) is 0.815. The zero-order chi connectivity index (χ0) is 18.1. The van der Waals surface area contributed by atoms with E-state index >= 15 is 0 Å². The van der Waals surface area contributed by atoms with Gasteiger partial charge >= 0.3 is 0 Å². The fourth-order valence-electron chi connectivity index (χ4n) is 4.94. The van der Waals surface area contributed by atoms with Crippen molar-refractivity contribution < 1.29 is 4.79 Å². The molecule has 1 amide bonds. The zero-order valence-electron chi connectivity index (χ0n) is 16.0. The van der Waals surface area contributed by atoms with Crippen LogP contribution in [0.25, 0.3) is 0 Å². The van der Waals surface area contributed by atoms with Gasteiger partial charge in [0.15, 0.2) is 0 Å². The van der Waals surface area contributed by atoms with Gasteiger partial charge in [0.2, 0.25) is 5.91 Å². The van der Waals surface area contributed by atoms with E-state index in [-0.39, 0.29) is 17.4 Å². The summed E-state index contributed by atoms with van der Waals surface area (Å²) >= 11 is 0. The molecule has 0 bridgehead atoms. The molecule has 0 unspecified atom stereocenters. The Labute approximate surface area is 152 Å². The Bertz CT molecular complexity index is 641. The Morgan fingerprint density at radius 2 is 2.04 bits per heavy atom. The van der Waals surface area contributed by atoms with Crippen molar-refractivity contribution in [2.24, 2.45) is 5.41 Å². The molecule has 3 heteroatoms. The Morgan fingerprint density at radius 1 is 1.36 bits per heavy atom. The fraction of sp³-hybridized carbons (Fsp3) is 0.591. The molecule has 3 nitrogen and oxygen atoms in total. The minimum Gasteiger partial charge on any atom is -0.349 e. The van der Waals surface area contributed by atoms with Crippen LogP contribution in [0.1, 0.15) is 63.6 Å². The molecule has 1 fully saturated rings. The second kappa shape index (κ2) is 6.95. The number of fused-ring (bicyclic) bond motifs is 2. The largest absolute Gasteiger partial charge is 0.349 e. The highest BCUT2D eigenvalue weighted by molar-refractivity contribution is 5.73. The van der Waals surface area contributed by atoms with Crippen LogP contribution in [0.4, 0.5) is 0 Å². The molecule has 1 atom stereocenters. The van der Waals surface area contributed by atoms with E-state index in [4.69, 9.17) is 0 Å². The average Bonchev–Trinajstić information content (AvgIpc) is 2.83. The number of carbonyl (C=O) groups is 1. The van der Waals surface area contributed by atoms with Gasteiger partial charge in [-0.05, 0) is 55.3 Å². The Hall–Kier alpha value is -1.61. The number of nitrogens with zero attached hydrogens (tertiary/aromatic N) is 1. The second-order valence-corrected chi connectivity index (χ2v) is 8.76. The molecule has 1 N–H and O–H groups in total. The lowest BCUT2D eigenvalue weighted by atomic mass is 9.73. The van der Waals surface area contributed by atoms with E-state index in [9.17, 15) is 4.79 Å². The maximum atomic E-state index is 11.6. The molecule has 136 valence electrons. The van der Waals surface area contributed by atoms with Crippen LogP contribution in [0, 0.1) is 5.41 Å². The van der Waals surface area contributed by atoms with Crippen molar-refractivity contribution in [3.63, 3.8) is 0 Å². The molecule has 25 heavy (non-hydrogen) atoms.